The third-order valence-corrected chi connectivity index (χ3v) is 5.83. The minimum Gasteiger partial charge on any atom is -0.378 e. The summed E-state index contributed by atoms with van der Waals surface area (Å²) in [6, 6.07) is 13.7. The predicted molar refractivity (Wildman–Crippen MR) is 123 cm³/mol. The number of benzene rings is 1. The van der Waals surface area contributed by atoms with Crippen molar-refractivity contribution in [1.82, 2.24) is 15.0 Å². The topological polar surface area (TPSA) is 87.4 Å². The van der Waals surface area contributed by atoms with Crippen molar-refractivity contribution in [3.63, 3.8) is 0 Å². The smallest absolute Gasteiger partial charge is 0.229 e. The van der Waals surface area contributed by atoms with E-state index in [1.807, 2.05) is 30.3 Å². The number of aromatic nitrogens is 3. The third-order valence-electron chi connectivity index (χ3n) is 5.83. The van der Waals surface area contributed by atoms with Crippen LogP contribution < -0.4 is 9.80 Å². The van der Waals surface area contributed by atoms with Crippen molar-refractivity contribution in [2.45, 2.75) is 26.1 Å². The quantitative estimate of drug-likeness (QED) is 0.627. The first-order valence-corrected chi connectivity index (χ1v) is 11.0. The molecule has 0 aliphatic carbocycles. The Bertz CT molecular complexity index is 1160. The maximum Gasteiger partial charge on any atom is 0.229 e. The van der Waals surface area contributed by atoms with E-state index in [1.165, 1.54) is 0 Å². The lowest BCUT2D eigenvalue weighted by Crippen LogP contribution is -2.46. The zero-order valence-electron chi connectivity index (χ0n) is 18.4. The fourth-order valence-electron chi connectivity index (χ4n) is 4.39. The fraction of sp³-hybridized carbons (Fsp3) is 0.417. The summed E-state index contributed by atoms with van der Waals surface area (Å²) < 4.78 is 11.5. The normalized spacial score (nSPS) is 21.5. The van der Waals surface area contributed by atoms with Gasteiger partial charge in [-0.3, -0.25) is 0 Å². The Kier molecular flexibility index (Phi) is 5.60. The molecular weight excluding hydrogens is 404 g/mol. The fourth-order valence-corrected chi connectivity index (χ4v) is 4.39. The number of ether oxygens (including phenoxy) is 2. The van der Waals surface area contributed by atoms with E-state index in [0.717, 1.165) is 48.6 Å². The number of nitriles is 1. The third kappa shape index (κ3) is 4.09. The maximum atomic E-state index is 9.26. The van der Waals surface area contributed by atoms with E-state index < -0.39 is 0 Å². The lowest BCUT2D eigenvalue weighted by Gasteiger charge is -2.36. The van der Waals surface area contributed by atoms with Crippen molar-refractivity contribution in [3.05, 3.63) is 42.0 Å². The molecule has 164 valence electrons. The van der Waals surface area contributed by atoms with E-state index in [0.29, 0.717) is 30.4 Å². The van der Waals surface area contributed by atoms with Crippen molar-refractivity contribution in [3.8, 4) is 17.3 Å². The minimum atomic E-state index is 0.109. The Morgan fingerprint density at radius 1 is 0.969 bits per heavy atom. The Morgan fingerprint density at radius 2 is 1.75 bits per heavy atom. The van der Waals surface area contributed by atoms with Crippen LogP contribution in [0.2, 0.25) is 0 Å². The SMILES string of the molecule is CC1CN(c2nc(N3CCOCC3)c3ccc(-c4cccc(C#N)c4)nc3n2)CC(C)O1. The standard InChI is InChI=1S/C24H26N6O2/c1-16-14-30(15-17(2)32-16)24-27-22-20(23(28-24)29-8-10-31-11-9-29)6-7-21(26-22)19-5-3-4-18(12-19)13-25/h3-7,12,16-17H,8-11,14-15H2,1-2H3. The molecule has 0 amide bonds. The van der Waals surface area contributed by atoms with Crippen molar-refractivity contribution in [2.24, 2.45) is 0 Å². The highest BCUT2D eigenvalue weighted by atomic mass is 16.5. The zero-order valence-corrected chi connectivity index (χ0v) is 18.4. The summed E-state index contributed by atoms with van der Waals surface area (Å²) in [6.45, 7) is 8.56. The van der Waals surface area contributed by atoms with Gasteiger partial charge >= 0.3 is 0 Å². The van der Waals surface area contributed by atoms with Gasteiger partial charge in [-0.25, -0.2) is 4.98 Å². The van der Waals surface area contributed by atoms with Crippen LogP contribution in [0.5, 0.6) is 0 Å². The molecule has 2 fully saturated rings. The van der Waals surface area contributed by atoms with Crippen LogP contribution in [0.3, 0.4) is 0 Å². The van der Waals surface area contributed by atoms with Crippen molar-refractivity contribution < 1.29 is 9.47 Å². The van der Waals surface area contributed by atoms with Crippen LogP contribution in [0, 0.1) is 11.3 Å². The summed E-state index contributed by atoms with van der Waals surface area (Å²) >= 11 is 0. The number of rotatable bonds is 3. The van der Waals surface area contributed by atoms with Gasteiger partial charge in [-0.15, -0.1) is 0 Å². The molecular formula is C24H26N6O2. The van der Waals surface area contributed by atoms with Crippen LogP contribution in [0.25, 0.3) is 22.3 Å². The van der Waals surface area contributed by atoms with Gasteiger partial charge in [0.05, 0.1) is 48.1 Å². The molecule has 2 aromatic heterocycles. The summed E-state index contributed by atoms with van der Waals surface area (Å²) in [4.78, 5) is 19.2. The Balaban J connectivity index is 1.62. The molecule has 3 aromatic rings. The molecule has 0 N–H and O–H groups in total. The van der Waals surface area contributed by atoms with E-state index in [1.54, 1.807) is 6.07 Å². The van der Waals surface area contributed by atoms with E-state index in [4.69, 9.17) is 24.4 Å². The Hall–Kier alpha value is -3.28. The van der Waals surface area contributed by atoms with Gasteiger partial charge in [0.15, 0.2) is 5.65 Å². The van der Waals surface area contributed by atoms with Crippen LogP contribution >= 0.6 is 0 Å². The van der Waals surface area contributed by atoms with E-state index in [9.17, 15) is 5.26 Å². The van der Waals surface area contributed by atoms with Crippen LogP contribution in [0.15, 0.2) is 36.4 Å². The first kappa shape index (κ1) is 20.6. The number of morpholine rings is 2. The van der Waals surface area contributed by atoms with Crippen LogP contribution in [0.4, 0.5) is 11.8 Å². The molecule has 32 heavy (non-hydrogen) atoms. The van der Waals surface area contributed by atoms with E-state index in [-0.39, 0.29) is 12.2 Å². The van der Waals surface area contributed by atoms with Gasteiger partial charge in [-0.1, -0.05) is 12.1 Å². The van der Waals surface area contributed by atoms with Gasteiger partial charge in [0, 0.05) is 31.7 Å². The summed E-state index contributed by atoms with van der Waals surface area (Å²) in [5, 5.41) is 10.2. The molecule has 5 rings (SSSR count). The monoisotopic (exact) mass is 430 g/mol. The van der Waals surface area contributed by atoms with Crippen LogP contribution in [-0.4, -0.2) is 66.6 Å². The maximum absolute atomic E-state index is 9.26. The van der Waals surface area contributed by atoms with Gasteiger partial charge in [0.1, 0.15) is 5.82 Å². The minimum absolute atomic E-state index is 0.109. The highest BCUT2D eigenvalue weighted by molar-refractivity contribution is 5.90. The average molecular weight is 431 g/mol. The first-order chi connectivity index (χ1) is 15.6. The second kappa shape index (κ2) is 8.69. The second-order valence-electron chi connectivity index (χ2n) is 8.37. The van der Waals surface area contributed by atoms with E-state index >= 15 is 0 Å². The van der Waals surface area contributed by atoms with Crippen molar-refractivity contribution >= 4 is 22.8 Å². The lowest BCUT2D eigenvalue weighted by atomic mass is 10.1. The molecule has 8 heteroatoms. The summed E-state index contributed by atoms with van der Waals surface area (Å²) in [6.07, 6.45) is 0.218. The number of hydrogen-bond donors (Lipinski definition) is 0. The Labute approximate surface area is 187 Å². The molecule has 0 saturated carbocycles. The van der Waals surface area contributed by atoms with Crippen molar-refractivity contribution in [1.29, 1.82) is 5.26 Å². The van der Waals surface area contributed by atoms with Crippen LogP contribution in [0.1, 0.15) is 19.4 Å². The first-order valence-electron chi connectivity index (χ1n) is 11.0. The van der Waals surface area contributed by atoms with E-state index in [2.05, 4.69) is 29.7 Å². The number of fused-ring (bicyclic) bond motifs is 1. The predicted octanol–water partition coefficient (Wildman–Crippen LogP) is 3.01. The molecule has 2 saturated heterocycles. The van der Waals surface area contributed by atoms with Gasteiger partial charge in [-0.05, 0) is 38.1 Å². The Morgan fingerprint density at radius 3 is 2.50 bits per heavy atom. The summed E-state index contributed by atoms with van der Waals surface area (Å²) in [5.41, 5.74) is 2.95. The van der Waals surface area contributed by atoms with Gasteiger partial charge in [-0.2, -0.15) is 15.2 Å². The van der Waals surface area contributed by atoms with Crippen LogP contribution in [-0.2, 0) is 9.47 Å². The zero-order chi connectivity index (χ0) is 22.1. The number of anilines is 2. The molecule has 2 atom stereocenters. The molecule has 0 bridgehead atoms. The summed E-state index contributed by atoms with van der Waals surface area (Å²) in [7, 11) is 0. The second-order valence-corrected chi connectivity index (χ2v) is 8.37. The molecule has 2 unspecified atom stereocenters. The highest BCUT2D eigenvalue weighted by Crippen LogP contribution is 2.30. The van der Waals surface area contributed by atoms with Gasteiger partial charge < -0.3 is 19.3 Å². The molecule has 0 spiro atoms. The molecule has 1 aromatic carbocycles. The number of hydrogen-bond acceptors (Lipinski definition) is 8. The molecule has 4 heterocycles. The average Bonchev–Trinajstić information content (AvgIpc) is 2.83. The van der Waals surface area contributed by atoms with Gasteiger partial charge in [0.2, 0.25) is 5.95 Å². The largest absolute Gasteiger partial charge is 0.378 e. The van der Waals surface area contributed by atoms with Crippen molar-refractivity contribution in [2.75, 3.05) is 49.2 Å². The molecule has 0 radical (unpaired) electrons. The molecule has 2 aliphatic heterocycles. The number of nitrogens with zero attached hydrogens (tertiary/aromatic N) is 6. The highest BCUT2D eigenvalue weighted by Gasteiger charge is 2.26. The summed E-state index contributed by atoms with van der Waals surface area (Å²) in [5.74, 6) is 1.57. The lowest BCUT2D eigenvalue weighted by molar-refractivity contribution is -0.00570. The van der Waals surface area contributed by atoms with Gasteiger partial charge in [0.25, 0.3) is 0 Å². The molecule has 8 nitrogen and oxygen atoms in total. The number of pyridine rings is 1. The molecule has 2 aliphatic rings.